The van der Waals surface area contributed by atoms with Crippen LogP contribution in [0.4, 0.5) is 8.78 Å². The van der Waals surface area contributed by atoms with Crippen LogP contribution in [0.5, 0.6) is 0 Å². The maximum atomic E-state index is 12.4. The number of hydrogen-bond acceptors (Lipinski definition) is 1. The molecule has 2 aliphatic carbocycles. The molecule has 0 heterocycles. The van der Waals surface area contributed by atoms with Gasteiger partial charge in [-0.1, -0.05) is 13.8 Å². The van der Waals surface area contributed by atoms with Crippen molar-refractivity contribution < 1.29 is 13.6 Å². The fourth-order valence-electron chi connectivity index (χ4n) is 2.27. The zero-order chi connectivity index (χ0) is 12.9. The molecule has 100 valence electrons. The zero-order valence-electron chi connectivity index (χ0n) is 11.0. The average molecular weight is 246 g/mol. The van der Waals surface area contributed by atoms with Crippen molar-refractivity contribution >= 4 is 5.78 Å². The highest BCUT2D eigenvalue weighted by atomic mass is 19.3. The lowest BCUT2D eigenvalue weighted by Gasteiger charge is -2.25. The molecule has 0 aromatic heterocycles. The van der Waals surface area contributed by atoms with E-state index in [1.807, 2.05) is 6.92 Å². The minimum Gasteiger partial charge on any atom is -0.300 e. The molecule has 0 unspecified atom stereocenters. The molecule has 2 rings (SSSR count). The van der Waals surface area contributed by atoms with E-state index in [2.05, 4.69) is 6.92 Å². The number of carbonyl (C=O) groups is 1. The SMILES string of the molecule is CC1CCC(=O)CC1.CC1CCC(F)(F)CC1. The van der Waals surface area contributed by atoms with Crippen LogP contribution >= 0.6 is 0 Å². The van der Waals surface area contributed by atoms with Crippen LogP contribution in [0.25, 0.3) is 0 Å². The second-order valence-corrected chi connectivity index (χ2v) is 5.76. The van der Waals surface area contributed by atoms with Crippen molar-refractivity contribution in [2.24, 2.45) is 11.8 Å². The van der Waals surface area contributed by atoms with Gasteiger partial charge in [0.1, 0.15) is 5.78 Å². The fraction of sp³-hybridized carbons (Fsp3) is 0.929. The molecule has 17 heavy (non-hydrogen) atoms. The molecule has 3 heteroatoms. The molecule has 0 atom stereocenters. The molecule has 1 nitrogen and oxygen atoms in total. The molecule has 0 bridgehead atoms. The number of halogens is 2. The lowest BCUT2D eigenvalue weighted by Crippen LogP contribution is -2.23. The molecular formula is C14H24F2O. The van der Waals surface area contributed by atoms with E-state index in [0.29, 0.717) is 24.5 Å². The number of Topliss-reactive ketones (excluding diaryl/α,β-unsaturated/α-hetero) is 1. The molecule has 2 aliphatic rings. The first-order valence-electron chi connectivity index (χ1n) is 6.78. The maximum Gasteiger partial charge on any atom is 0.248 e. The van der Waals surface area contributed by atoms with Crippen molar-refractivity contribution in [3.63, 3.8) is 0 Å². The summed E-state index contributed by atoms with van der Waals surface area (Å²) < 4.78 is 24.8. The lowest BCUT2D eigenvalue weighted by atomic mass is 9.88. The Labute approximate surface area is 103 Å². The minimum atomic E-state index is -2.34. The average Bonchev–Trinajstić information content (AvgIpc) is 2.28. The van der Waals surface area contributed by atoms with Gasteiger partial charge in [0, 0.05) is 25.7 Å². The molecule has 0 aromatic rings. The highest BCUT2D eigenvalue weighted by molar-refractivity contribution is 5.78. The molecule has 2 saturated carbocycles. The summed E-state index contributed by atoms with van der Waals surface area (Å²) in [6.07, 6.45) is 5.53. The highest BCUT2D eigenvalue weighted by Crippen LogP contribution is 2.35. The summed E-state index contributed by atoms with van der Waals surface area (Å²) in [7, 11) is 0. The van der Waals surface area contributed by atoms with Gasteiger partial charge in [-0.2, -0.15) is 0 Å². The van der Waals surface area contributed by atoms with Gasteiger partial charge in [-0.05, 0) is 37.5 Å². The van der Waals surface area contributed by atoms with E-state index < -0.39 is 5.92 Å². The van der Waals surface area contributed by atoms with Crippen molar-refractivity contribution in [3.05, 3.63) is 0 Å². The van der Waals surface area contributed by atoms with E-state index in [4.69, 9.17) is 0 Å². The second-order valence-electron chi connectivity index (χ2n) is 5.76. The van der Waals surface area contributed by atoms with Crippen LogP contribution in [0.2, 0.25) is 0 Å². The molecule has 0 radical (unpaired) electrons. The smallest absolute Gasteiger partial charge is 0.248 e. The van der Waals surface area contributed by atoms with Crippen LogP contribution in [0.3, 0.4) is 0 Å². The van der Waals surface area contributed by atoms with Gasteiger partial charge in [-0.3, -0.25) is 4.79 Å². The first-order valence-corrected chi connectivity index (χ1v) is 6.78. The van der Waals surface area contributed by atoms with Gasteiger partial charge in [-0.25, -0.2) is 8.78 Å². The Balaban J connectivity index is 0.000000171. The molecule has 0 amide bonds. The summed E-state index contributed by atoms with van der Waals surface area (Å²) in [5.74, 6) is -0.563. The summed E-state index contributed by atoms with van der Waals surface area (Å²) in [4.78, 5) is 10.6. The number of alkyl halides is 2. The summed E-state index contributed by atoms with van der Waals surface area (Å²) in [6, 6.07) is 0. The van der Waals surface area contributed by atoms with Gasteiger partial charge < -0.3 is 0 Å². The van der Waals surface area contributed by atoms with Gasteiger partial charge in [0.15, 0.2) is 0 Å². The van der Waals surface area contributed by atoms with Crippen molar-refractivity contribution in [1.82, 2.24) is 0 Å². The van der Waals surface area contributed by atoms with Gasteiger partial charge in [0.2, 0.25) is 5.92 Å². The Hall–Kier alpha value is -0.470. The van der Waals surface area contributed by atoms with Crippen molar-refractivity contribution in [2.45, 2.75) is 71.1 Å². The summed E-state index contributed by atoms with van der Waals surface area (Å²) in [5, 5.41) is 0. The predicted octanol–water partition coefficient (Wildman–Crippen LogP) is 4.60. The van der Waals surface area contributed by atoms with E-state index in [0.717, 1.165) is 31.6 Å². The van der Waals surface area contributed by atoms with Crippen molar-refractivity contribution in [3.8, 4) is 0 Å². The lowest BCUT2D eigenvalue weighted by molar-refractivity contribution is -0.120. The third-order valence-corrected chi connectivity index (χ3v) is 3.84. The third-order valence-electron chi connectivity index (χ3n) is 3.84. The monoisotopic (exact) mass is 246 g/mol. The van der Waals surface area contributed by atoms with Crippen LogP contribution < -0.4 is 0 Å². The first-order chi connectivity index (χ1) is 7.89. The summed E-state index contributed by atoms with van der Waals surface area (Å²) >= 11 is 0. The molecule has 2 fully saturated rings. The first kappa shape index (κ1) is 14.6. The third kappa shape index (κ3) is 6.13. The standard InChI is InChI=1S/C7H12F2.C7H12O/c1-6-2-4-7(8,9)5-3-6;1-6-2-4-7(8)5-3-6/h6H,2-5H2,1H3;6H,2-5H2,1H3. The molecule has 0 saturated heterocycles. The Morgan fingerprint density at radius 2 is 1.35 bits per heavy atom. The van der Waals surface area contributed by atoms with Crippen LogP contribution in [0.15, 0.2) is 0 Å². The van der Waals surface area contributed by atoms with Gasteiger partial charge >= 0.3 is 0 Å². The van der Waals surface area contributed by atoms with Crippen LogP contribution in [-0.2, 0) is 4.79 Å². The minimum absolute atomic E-state index is 0.105. The zero-order valence-corrected chi connectivity index (χ0v) is 11.0. The largest absolute Gasteiger partial charge is 0.300 e. The Bertz CT molecular complexity index is 231. The number of hydrogen-bond donors (Lipinski definition) is 0. The number of rotatable bonds is 0. The van der Waals surface area contributed by atoms with Gasteiger partial charge in [-0.15, -0.1) is 0 Å². The predicted molar refractivity (Wildman–Crippen MR) is 65.2 cm³/mol. The number of carbonyl (C=O) groups excluding carboxylic acids is 1. The Kier molecular flexibility index (Phi) is 5.54. The Morgan fingerprint density at radius 1 is 0.941 bits per heavy atom. The molecule has 0 N–H and O–H groups in total. The van der Waals surface area contributed by atoms with E-state index in [9.17, 15) is 13.6 Å². The van der Waals surface area contributed by atoms with Gasteiger partial charge in [0.05, 0.1) is 0 Å². The van der Waals surface area contributed by atoms with Crippen molar-refractivity contribution in [2.75, 3.05) is 0 Å². The summed E-state index contributed by atoms with van der Waals surface area (Å²) in [6.45, 7) is 4.25. The molecular weight excluding hydrogens is 222 g/mol. The van der Waals surface area contributed by atoms with Gasteiger partial charge in [0.25, 0.3) is 0 Å². The number of ketones is 1. The molecule has 0 aromatic carbocycles. The highest BCUT2D eigenvalue weighted by Gasteiger charge is 2.33. The fourth-order valence-corrected chi connectivity index (χ4v) is 2.27. The molecule has 0 spiro atoms. The second kappa shape index (κ2) is 6.46. The van der Waals surface area contributed by atoms with Crippen molar-refractivity contribution in [1.29, 1.82) is 0 Å². The maximum absolute atomic E-state index is 12.4. The van der Waals surface area contributed by atoms with Crippen LogP contribution in [0.1, 0.15) is 65.2 Å². The van der Waals surface area contributed by atoms with E-state index in [1.54, 1.807) is 0 Å². The van der Waals surface area contributed by atoms with Crippen LogP contribution in [-0.4, -0.2) is 11.7 Å². The van der Waals surface area contributed by atoms with E-state index in [1.165, 1.54) is 0 Å². The normalized spacial score (nSPS) is 26.2. The van der Waals surface area contributed by atoms with E-state index in [-0.39, 0.29) is 12.8 Å². The summed E-state index contributed by atoms with van der Waals surface area (Å²) in [5.41, 5.74) is 0. The molecule has 0 aliphatic heterocycles. The Morgan fingerprint density at radius 3 is 1.71 bits per heavy atom. The van der Waals surface area contributed by atoms with E-state index >= 15 is 0 Å². The topological polar surface area (TPSA) is 17.1 Å². The quantitative estimate of drug-likeness (QED) is 0.610. The van der Waals surface area contributed by atoms with Crippen LogP contribution in [0, 0.1) is 11.8 Å².